The molecule has 0 saturated heterocycles. The van der Waals surface area contributed by atoms with Gasteiger partial charge in [0.25, 0.3) is 0 Å². The van der Waals surface area contributed by atoms with Crippen LogP contribution in [0.25, 0.3) is 0 Å². The summed E-state index contributed by atoms with van der Waals surface area (Å²) in [7, 11) is 0. The van der Waals surface area contributed by atoms with Gasteiger partial charge in [0, 0.05) is 6.42 Å². The Morgan fingerprint density at radius 2 is 1.93 bits per heavy atom. The van der Waals surface area contributed by atoms with Crippen LogP contribution in [0.1, 0.15) is 86.0 Å². The van der Waals surface area contributed by atoms with Crippen LogP contribution in [0.4, 0.5) is 0 Å². The highest BCUT2D eigenvalue weighted by Gasteiger charge is 2.60. The standard InChI is InChI=1S/C27H42O3/c1-17(7-6-12-25(2,3)30)20-8-9-21-19-16-24(29)23-15-18(28)10-13-27(23,5)22(19)11-14-26(20,21)4/h6,12,15,17,19-22,24,29-30H,7-11,13-14,16H2,1-5H3/b12-6+/t17-,19?,20?,21?,22?,24?,26?,27?/m1/s1. The maximum Gasteiger partial charge on any atom is 0.155 e. The van der Waals surface area contributed by atoms with Crippen LogP contribution < -0.4 is 0 Å². The molecule has 3 nitrogen and oxygen atoms in total. The number of rotatable bonds is 4. The minimum Gasteiger partial charge on any atom is -0.389 e. The van der Waals surface area contributed by atoms with Crippen molar-refractivity contribution < 1.29 is 15.0 Å². The van der Waals surface area contributed by atoms with Crippen molar-refractivity contribution in [3.05, 3.63) is 23.8 Å². The molecule has 0 aromatic heterocycles. The maximum absolute atomic E-state index is 12.1. The summed E-state index contributed by atoms with van der Waals surface area (Å²) in [6.07, 6.45) is 14.0. The SMILES string of the molecule is C[C@H](C/C=C/C(C)(C)O)C1CCC2C3CC(O)C4=CC(=O)CCC4(C)C3CCC21C. The summed E-state index contributed by atoms with van der Waals surface area (Å²) < 4.78 is 0. The van der Waals surface area contributed by atoms with Gasteiger partial charge in [-0.15, -0.1) is 0 Å². The van der Waals surface area contributed by atoms with E-state index in [0.29, 0.717) is 41.4 Å². The van der Waals surface area contributed by atoms with Gasteiger partial charge in [-0.2, -0.15) is 0 Å². The van der Waals surface area contributed by atoms with E-state index in [1.807, 2.05) is 19.9 Å². The van der Waals surface area contributed by atoms with Crippen molar-refractivity contribution in [1.29, 1.82) is 0 Å². The largest absolute Gasteiger partial charge is 0.389 e. The summed E-state index contributed by atoms with van der Waals surface area (Å²) in [4.78, 5) is 12.1. The van der Waals surface area contributed by atoms with Crippen molar-refractivity contribution in [2.24, 2.45) is 40.4 Å². The molecule has 2 N–H and O–H groups in total. The second-order valence-electron chi connectivity index (χ2n) is 12.1. The quantitative estimate of drug-likeness (QED) is 0.601. The molecule has 0 heterocycles. The number of aliphatic hydroxyl groups is 2. The van der Waals surface area contributed by atoms with Crippen LogP contribution in [0.15, 0.2) is 23.8 Å². The molecular formula is C27H42O3. The Morgan fingerprint density at radius 1 is 1.20 bits per heavy atom. The minimum atomic E-state index is -0.736. The van der Waals surface area contributed by atoms with Crippen molar-refractivity contribution in [3.63, 3.8) is 0 Å². The number of hydrogen-bond acceptors (Lipinski definition) is 3. The lowest BCUT2D eigenvalue weighted by Gasteiger charge is -2.59. The lowest BCUT2D eigenvalue weighted by Crippen LogP contribution is -2.54. The average molecular weight is 415 g/mol. The zero-order valence-corrected chi connectivity index (χ0v) is 19.7. The highest BCUT2D eigenvalue weighted by molar-refractivity contribution is 5.91. The lowest BCUT2D eigenvalue weighted by atomic mass is 9.46. The third-order valence-corrected chi connectivity index (χ3v) is 9.77. The number of allylic oxidation sites excluding steroid dienone is 1. The first-order valence-electron chi connectivity index (χ1n) is 12.3. The van der Waals surface area contributed by atoms with Crippen LogP contribution in [0.2, 0.25) is 0 Å². The van der Waals surface area contributed by atoms with E-state index in [1.165, 1.54) is 25.7 Å². The molecule has 0 radical (unpaired) electrons. The predicted molar refractivity (Wildman–Crippen MR) is 121 cm³/mol. The summed E-state index contributed by atoms with van der Waals surface area (Å²) in [5.74, 6) is 3.41. The summed E-state index contributed by atoms with van der Waals surface area (Å²) in [6.45, 7) is 10.9. The Labute approximate surface area is 183 Å². The molecule has 0 aromatic carbocycles. The van der Waals surface area contributed by atoms with E-state index in [2.05, 4.69) is 26.8 Å². The van der Waals surface area contributed by atoms with Crippen molar-refractivity contribution in [3.8, 4) is 0 Å². The Bertz CT molecular complexity index is 744. The van der Waals surface area contributed by atoms with Gasteiger partial charge in [0.2, 0.25) is 0 Å². The normalized spacial score (nSPS) is 45.0. The van der Waals surface area contributed by atoms with Gasteiger partial charge in [0.05, 0.1) is 11.7 Å². The summed E-state index contributed by atoms with van der Waals surface area (Å²) >= 11 is 0. The summed E-state index contributed by atoms with van der Waals surface area (Å²) in [5, 5.41) is 21.0. The smallest absolute Gasteiger partial charge is 0.155 e. The van der Waals surface area contributed by atoms with Gasteiger partial charge in [-0.25, -0.2) is 0 Å². The second-order valence-corrected chi connectivity index (χ2v) is 12.1. The van der Waals surface area contributed by atoms with E-state index in [0.717, 1.165) is 24.8 Å². The first-order chi connectivity index (χ1) is 14.0. The number of carbonyl (C=O) groups is 1. The van der Waals surface area contributed by atoms with Crippen LogP contribution in [-0.2, 0) is 4.79 Å². The van der Waals surface area contributed by atoms with Gasteiger partial charge in [-0.1, -0.05) is 32.9 Å². The average Bonchev–Trinajstić information content (AvgIpc) is 3.00. The highest BCUT2D eigenvalue weighted by atomic mass is 16.3. The Kier molecular flexibility index (Phi) is 5.63. The third kappa shape index (κ3) is 3.64. The second kappa shape index (κ2) is 7.59. The van der Waals surface area contributed by atoms with Crippen LogP contribution >= 0.6 is 0 Å². The number of aliphatic hydroxyl groups excluding tert-OH is 1. The zero-order valence-electron chi connectivity index (χ0n) is 19.7. The first-order valence-corrected chi connectivity index (χ1v) is 12.3. The van der Waals surface area contributed by atoms with Crippen LogP contribution in [-0.4, -0.2) is 27.7 Å². The van der Waals surface area contributed by atoms with Gasteiger partial charge in [-0.05, 0) is 111 Å². The Hall–Kier alpha value is -0.930. The fourth-order valence-electron chi connectivity index (χ4n) is 8.32. The Morgan fingerprint density at radius 3 is 2.63 bits per heavy atom. The first kappa shape index (κ1) is 22.3. The maximum atomic E-state index is 12.1. The minimum absolute atomic E-state index is 0.0106. The fraction of sp³-hybridized carbons (Fsp3) is 0.815. The number of carbonyl (C=O) groups excluding carboxylic acids is 1. The lowest BCUT2D eigenvalue weighted by molar-refractivity contribution is -0.119. The topological polar surface area (TPSA) is 57.5 Å². The van der Waals surface area contributed by atoms with Crippen LogP contribution in [0.3, 0.4) is 0 Å². The molecule has 4 rings (SSSR count). The molecule has 0 bridgehead atoms. The predicted octanol–water partition coefficient (Wildman–Crippen LogP) is 5.46. The molecule has 3 heteroatoms. The fourth-order valence-corrected chi connectivity index (χ4v) is 8.32. The summed E-state index contributed by atoms with van der Waals surface area (Å²) in [6, 6.07) is 0. The van der Waals surface area contributed by atoms with Crippen LogP contribution in [0.5, 0.6) is 0 Å². The molecule has 0 aromatic rings. The van der Waals surface area contributed by atoms with Gasteiger partial charge in [-0.3, -0.25) is 4.79 Å². The molecule has 30 heavy (non-hydrogen) atoms. The van der Waals surface area contributed by atoms with Gasteiger partial charge >= 0.3 is 0 Å². The van der Waals surface area contributed by atoms with E-state index in [4.69, 9.17) is 0 Å². The molecule has 3 saturated carbocycles. The van der Waals surface area contributed by atoms with Crippen molar-refractivity contribution >= 4 is 5.78 Å². The van der Waals surface area contributed by atoms with Crippen molar-refractivity contribution in [2.45, 2.75) is 97.7 Å². The van der Waals surface area contributed by atoms with Crippen molar-refractivity contribution in [2.75, 3.05) is 0 Å². The van der Waals surface area contributed by atoms with E-state index in [9.17, 15) is 15.0 Å². The van der Waals surface area contributed by atoms with Crippen molar-refractivity contribution in [1.82, 2.24) is 0 Å². The molecule has 4 aliphatic rings. The summed E-state index contributed by atoms with van der Waals surface area (Å²) in [5.41, 5.74) is 0.672. The van der Waals surface area contributed by atoms with E-state index >= 15 is 0 Å². The molecular weight excluding hydrogens is 372 g/mol. The Balaban J connectivity index is 1.54. The molecule has 168 valence electrons. The molecule has 4 aliphatic carbocycles. The van der Waals surface area contributed by atoms with Gasteiger partial charge in [0.15, 0.2) is 5.78 Å². The molecule has 3 fully saturated rings. The van der Waals surface area contributed by atoms with Gasteiger partial charge in [0.1, 0.15) is 0 Å². The molecule has 0 aliphatic heterocycles. The van der Waals surface area contributed by atoms with E-state index < -0.39 is 11.7 Å². The highest BCUT2D eigenvalue weighted by Crippen LogP contribution is 2.67. The van der Waals surface area contributed by atoms with E-state index in [1.54, 1.807) is 6.08 Å². The molecule has 0 amide bonds. The van der Waals surface area contributed by atoms with Gasteiger partial charge < -0.3 is 10.2 Å². The number of ketones is 1. The monoisotopic (exact) mass is 414 g/mol. The van der Waals surface area contributed by atoms with Crippen LogP contribution in [0, 0.1) is 40.4 Å². The third-order valence-electron chi connectivity index (χ3n) is 9.77. The van der Waals surface area contributed by atoms with E-state index in [-0.39, 0.29) is 11.2 Å². The molecule has 8 atom stereocenters. The molecule has 0 spiro atoms. The number of fused-ring (bicyclic) bond motifs is 5. The number of hydrogen-bond donors (Lipinski definition) is 2. The molecule has 7 unspecified atom stereocenters. The zero-order chi connectivity index (χ0) is 21.9.